The van der Waals surface area contributed by atoms with Gasteiger partial charge in [0.2, 0.25) is 5.91 Å². The Morgan fingerprint density at radius 3 is 2.75 bits per heavy atom. The Kier molecular flexibility index (Phi) is 3.46. The van der Waals surface area contributed by atoms with Crippen LogP contribution < -0.4 is 5.73 Å². The second-order valence-electron chi connectivity index (χ2n) is 7.30. The summed E-state index contributed by atoms with van der Waals surface area (Å²) in [5, 5.41) is 7.89. The average Bonchev–Trinajstić information content (AvgIpc) is 3.11. The number of amides is 1. The van der Waals surface area contributed by atoms with Gasteiger partial charge in [-0.15, -0.1) is 0 Å². The molecule has 28 heavy (non-hydrogen) atoms. The molecule has 0 atom stereocenters. The Morgan fingerprint density at radius 2 is 2.11 bits per heavy atom. The molecule has 0 bridgehead atoms. The molecule has 8 nitrogen and oxygen atoms in total. The maximum absolute atomic E-state index is 12.1. The van der Waals surface area contributed by atoms with Gasteiger partial charge in [0.1, 0.15) is 28.2 Å². The molecule has 1 amide bonds. The average molecular weight is 375 g/mol. The quantitative estimate of drug-likeness (QED) is 0.507. The molecule has 5 rings (SSSR count). The number of nitrogens with two attached hydrogens (primary N) is 1. The van der Waals surface area contributed by atoms with Crippen molar-refractivity contribution in [1.29, 1.82) is 0 Å². The van der Waals surface area contributed by atoms with E-state index >= 15 is 0 Å². The molecule has 142 valence electrons. The van der Waals surface area contributed by atoms with E-state index in [0.29, 0.717) is 12.4 Å². The lowest BCUT2D eigenvalue weighted by molar-refractivity contribution is -0.132. The number of pyridine rings is 1. The molecule has 4 aromatic rings. The number of hydrogen-bond donors (Lipinski definition) is 3. The first-order valence-corrected chi connectivity index (χ1v) is 9.41. The first kappa shape index (κ1) is 16.7. The molecule has 0 unspecified atom stereocenters. The Balaban J connectivity index is 1.68. The van der Waals surface area contributed by atoms with Gasteiger partial charge in [0, 0.05) is 30.6 Å². The van der Waals surface area contributed by atoms with Crippen LogP contribution in [0, 0.1) is 0 Å². The molecular weight excluding hydrogens is 354 g/mol. The fourth-order valence-corrected chi connectivity index (χ4v) is 4.15. The number of anilines is 1. The third kappa shape index (κ3) is 2.30. The van der Waals surface area contributed by atoms with Crippen molar-refractivity contribution >= 4 is 33.7 Å². The van der Waals surface area contributed by atoms with Gasteiger partial charge < -0.3 is 15.6 Å². The fraction of sp³-hybridized carbons (Fsp3) is 0.300. The number of nitrogens with one attached hydrogen (secondary N) is 2. The third-order valence-corrected chi connectivity index (χ3v) is 5.64. The maximum Gasteiger partial charge on any atom is 0.220 e. The van der Waals surface area contributed by atoms with E-state index in [1.165, 1.54) is 0 Å². The summed E-state index contributed by atoms with van der Waals surface area (Å²) in [6.45, 7) is 4.25. The molecule has 3 heterocycles. The summed E-state index contributed by atoms with van der Waals surface area (Å²) in [5.41, 5.74) is 10.1. The molecule has 0 saturated heterocycles. The van der Waals surface area contributed by atoms with Gasteiger partial charge in [0.05, 0.1) is 11.2 Å². The second-order valence-corrected chi connectivity index (χ2v) is 7.30. The predicted molar refractivity (Wildman–Crippen MR) is 107 cm³/mol. The number of H-pyrrole nitrogens is 2. The van der Waals surface area contributed by atoms with Crippen LogP contribution in [0.4, 0.5) is 5.82 Å². The first-order chi connectivity index (χ1) is 13.5. The summed E-state index contributed by atoms with van der Waals surface area (Å²) >= 11 is 0. The minimum atomic E-state index is -0.353. The molecular formula is C20H21N7O. The van der Waals surface area contributed by atoms with E-state index in [-0.39, 0.29) is 11.4 Å². The molecule has 0 radical (unpaired) electrons. The number of carbonyl (C=O) groups excluding carboxylic acids is 1. The van der Waals surface area contributed by atoms with Crippen LogP contribution in [0.25, 0.3) is 33.2 Å². The number of benzene rings is 1. The van der Waals surface area contributed by atoms with Gasteiger partial charge in [-0.25, -0.2) is 9.97 Å². The SMILES string of the molecule is CCN(C(C)=O)C1(c2nc3c([nH]2)c(N)nc2cc(-c4ccn[nH]4)ccc23)CC1. The maximum atomic E-state index is 12.1. The highest BCUT2D eigenvalue weighted by Gasteiger charge is 2.52. The van der Waals surface area contributed by atoms with Crippen molar-refractivity contribution in [1.82, 2.24) is 30.0 Å². The minimum Gasteiger partial charge on any atom is -0.382 e. The number of fused-ring (bicyclic) bond motifs is 3. The predicted octanol–water partition coefficient (Wildman–Crippen LogP) is 2.94. The molecule has 8 heteroatoms. The van der Waals surface area contributed by atoms with Crippen molar-refractivity contribution in [3.63, 3.8) is 0 Å². The Labute approximate surface area is 161 Å². The second kappa shape index (κ2) is 5.79. The summed E-state index contributed by atoms with van der Waals surface area (Å²) in [6, 6.07) is 7.91. The van der Waals surface area contributed by atoms with Crippen molar-refractivity contribution in [3.8, 4) is 11.3 Å². The highest BCUT2D eigenvalue weighted by molar-refractivity contribution is 6.07. The van der Waals surface area contributed by atoms with Crippen LogP contribution in [0.15, 0.2) is 30.5 Å². The van der Waals surface area contributed by atoms with Gasteiger partial charge in [-0.1, -0.05) is 6.07 Å². The molecule has 1 aliphatic rings. The van der Waals surface area contributed by atoms with Gasteiger partial charge in [-0.05, 0) is 38.0 Å². The van der Waals surface area contributed by atoms with Crippen molar-refractivity contribution in [2.75, 3.05) is 12.3 Å². The van der Waals surface area contributed by atoms with Crippen molar-refractivity contribution in [2.45, 2.75) is 32.2 Å². The zero-order chi connectivity index (χ0) is 19.5. The lowest BCUT2D eigenvalue weighted by Gasteiger charge is -2.28. The Bertz CT molecular complexity index is 1200. The number of nitrogen functional groups attached to an aromatic ring is 1. The highest BCUT2D eigenvalue weighted by atomic mass is 16.2. The van der Waals surface area contributed by atoms with E-state index in [1.54, 1.807) is 13.1 Å². The monoisotopic (exact) mass is 375 g/mol. The van der Waals surface area contributed by atoms with Crippen LogP contribution in [0.1, 0.15) is 32.5 Å². The fourth-order valence-electron chi connectivity index (χ4n) is 4.15. The van der Waals surface area contributed by atoms with E-state index < -0.39 is 0 Å². The van der Waals surface area contributed by atoms with Gasteiger partial charge in [-0.2, -0.15) is 5.10 Å². The van der Waals surface area contributed by atoms with Crippen molar-refractivity contribution < 1.29 is 4.79 Å². The topological polar surface area (TPSA) is 117 Å². The van der Waals surface area contributed by atoms with Crippen LogP contribution in [-0.4, -0.2) is 42.5 Å². The summed E-state index contributed by atoms with van der Waals surface area (Å²) < 4.78 is 0. The van der Waals surface area contributed by atoms with Crippen LogP contribution in [-0.2, 0) is 10.3 Å². The number of aromatic amines is 2. The zero-order valence-electron chi connectivity index (χ0n) is 15.8. The molecule has 1 aliphatic carbocycles. The summed E-state index contributed by atoms with van der Waals surface area (Å²) in [7, 11) is 0. The highest BCUT2D eigenvalue weighted by Crippen LogP contribution is 2.50. The molecule has 4 N–H and O–H groups in total. The van der Waals surface area contributed by atoms with E-state index in [9.17, 15) is 4.79 Å². The van der Waals surface area contributed by atoms with E-state index in [4.69, 9.17) is 10.7 Å². The summed E-state index contributed by atoms with van der Waals surface area (Å²) in [4.78, 5) is 26.8. The molecule has 1 fully saturated rings. The lowest BCUT2D eigenvalue weighted by atomic mass is 10.1. The third-order valence-electron chi connectivity index (χ3n) is 5.64. The van der Waals surface area contributed by atoms with Gasteiger partial charge in [0.25, 0.3) is 0 Å². The number of nitrogens with zero attached hydrogens (tertiary/aromatic N) is 4. The summed E-state index contributed by atoms with van der Waals surface area (Å²) in [5.74, 6) is 1.25. The van der Waals surface area contributed by atoms with E-state index in [1.807, 2.05) is 36.1 Å². The normalized spacial score (nSPS) is 15.2. The standard InChI is InChI=1S/C20H21N7O/c1-3-27(11(2)28)20(7-8-20)19-24-16-13-5-4-12(14-6-9-22-26-14)10-15(13)23-18(21)17(16)25-19/h4-6,9-10H,3,7-8H2,1-2H3,(H2,21,23)(H,22,26)(H,24,25). The largest absolute Gasteiger partial charge is 0.382 e. The number of rotatable bonds is 4. The van der Waals surface area contributed by atoms with Crippen molar-refractivity contribution in [3.05, 3.63) is 36.3 Å². The lowest BCUT2D eigenvalue weighted by Crippen LogP contribution is -2.39. The van der Waals surface area contributed by atoms with Gasteiger partial charge in [0.15, 0.2) is 0 Å². The Hall–Kier alpha value is -3.42. The number of aromatic nitrogens is 5. The van der Waals surface area contributed by atoms with Gasteiger partial charge in [-0.3, -0.25) is 9.89 Å². The van der Waals surface area contributed by atoms with Crippen LogP contribution in [0.3, 0.4) is 0 Å². The number of imidazole rings is 1. The van der Waals surface area contributed by atoms with E-state index in [0.717, 1.165) is 51.9 Å². The smallest absolute Gasteiger partial charge is 0.220 e. The minimum absolute atomic E-state index is 0.0561. The molecule has 0 aliphatic heterocycles. The molecule has 0 spiro atoms. The Morgan fingerprint density at radius 1 is 1.29 bits per heavy atom. The van der Waals surface area contributed by atoms with Crippen LogP contribution in [0.5, 0.6) is 0 Å². The molecule has 1 aromatic carbocycles. The van der Waals surface area contributed by atoms with Crippen LogP contribution >= 0.6 is 0 Å². The number of hydrogen-bond acceptors (Lipinski definition) is 5. The zero-order valence-corrected chi connectivity index (χ0v) is 15.8. The van der Waals surface area contributed by atoms with Gasteiger partial charge >= 0.3 is 0 Å². The molecule has 3 aromatic heterocycles. The first-order valence-electron chi connectivity index (χ1n) is 9.41. The summed E-state index contributed by atoms with van der Waals surface area (Å²) in [6.07, 6.45) is 3.51. The van der Waals surface area contributed by atoms with E-state index in [2.05, 4.69) is 20.2 Å². The van der Waals surface area contributed by atoms with Crippen LogP contribution in [0.2, 0.25) is 0 Å². The molecule has 1 saturated carbocycles. The van der Waals surface area contributed by atoms with Crippen molar-refractivity contribution in [2.24, 2.45) is 0 Å². The number of carbonyl (C=O) groups is 1.